The topological polar surface area (TPSA) is 6.48 Å². The van der Waals surface area contributed by atoms with E-state index in [0.717, 1.165) is 26.2 Å². The van der Waals surface area contributed by atoms with Gasteiger partial charge in [0.05, 0.1) is 0 Å². The van der Waals surface area contributed by atoms with Crippen LogP contribution in [-0.4, -0.2) is 47.7 Å². The van der Waals surface area contributed by atoms with Gasteiger partial charge < -0.3 is 9.80 Å². The lowest BCUT2D eigenvalue weighted by atomic mass is 9.92. The number of likely N-dealkylation sites (tertiary alicyclic amines) is 2. The Morgan fingerprint density at radius 2 is 1.75 bits per heavy atom. The van der Waals surface area contributed by atoms with E-state index in [4.69, 9.17) is 0 Å². The molecule has 0 saturated carbocycles. The molecule has 0 aromatic heterocycles. The largest absolute Gasteiger partial charge is 0.378 e. The third kappa shape index (κ3) is 2.76. The molecule has 2 heterocycles. The van der Waals surface area contributed by atoms with E-state index in [1.54, 1.807) is 6.92 Å². The SMILES string of the molecule is C=CN1CCC(N2CCC(C)(F)CC2)CC1. The normalized spacial score (nSPS) is 28.0. The Kier molecular flexibility index (Phi) is 3.53. The summed E-state index contributed by atoms with van der Waals surface area (Å²) in [6, 6.07) is 0.673. The maximum atomic E-state index is 13.7. The number of hydrogen-bond acceptors (Lipinski definition) is 2. The van der Waals surface area contributed by atoms with E-state index in [-0.39, 0.29) is 0 Å². The summed E-state index contributed by atoms with van der Waals surface area (Å²) in [6.07, 6.45) is 5.75. The molecule has 3 heteroatoms. The molecule has 2 nitrogen and oxygen atoms in total. The molecule has 92 valence electrons. The number of alkyl halides is 1. The van der Waals surface area contributed by atoms with Crippen molar-refractivity contribution in [1.29, 1.82) is 0 Å². The number of nitrogens with zero attached hydrogens (tertiary/aromatic N) is 2. The molecule has 2 rings (SSSR count). The van der Waals surface area contributed by atoms with Gasteiger partial charge in [-0.1, -0.05) is 6.58 Å². The molecule has 0 aromatic rings. The maximum Gasteiger partial charge on any atom is 0.110 e. The summed E-state index contributed by atoms with van der Waals surface area (Å²) < 4.78 is 13.7. The lowest BCUT2D eigenvalue weighted by Gasteiger charge is -2.42. The molecule has 2 saturated heterocycles. The van der Waals surface area contributed by atoms with E-state index in [2.05, 4.69) is 16.4 Å². The van der Waals surface area contributed by atoms with Gasteiger partial charge in [-0.3, -0.25) is 0 Å². The van der Waals surface area contributed by atoms with Crippen molar-refractivity contribution in [3.05, 3.63) is 12.8 Å². The fraction of sp³-hybridized carbons (Fsp3) is 0.846. The molecule has 0 N–H and O–H groups in total. The minimum Gasteiger partial charge on any atom is -0.378 e. The smallest absolute Gasteiger partial charge is 0.110 e. The van der Waals surface area contributed by atoms with E-state index >= 15 is 0 Å². The number of rotatable bonds is 2. The highest BCUT2D eigenvalue weighted by Crippen LogP contribution is 2.28. The van der Waals surface area contributed by atoms with Crippen molar-refractivity contribution in [2.45, 2.75) is 44.3 Å². The van der Waals surface area contributed by atoms with Gasteiger partial charge in [0.25, 0.3) is 0 Å². The Bertz CT molecular complexity index is 234. The van der Waals surface area contributed by atoms with Gasteiger partial charge in [0.15, 0.2) is 0 Å². The van der Waals surface area contributed by atoms with Crippen molar-refractivity contribution in [1.82, 2.24) is 9.80 Å². The molecule has 0 aliphatic carbocycles. The molecule has 0 amide bonds. The molecule has 2 fully saturated rings. The Hall–Kier alpha value is -0.570. The van der Waals surface area contributed by atoms with Crippen LogP contribution >= 0.6 is 0 Å². The zero-order valence-electron chi connectivity index (χ0n) is 10.3. The molecule has 0 unspecified atom stereocenters. The lowest BCUT2D eigenvalue weighted by Crippen LogP contribution is -2.49. The highest BCUT2D eigenvalue weighted by molar-refractivity contribution is 4.89. The minimum atomic E-state index is -0.918. The summed E-state index contributed by atoms with van der Waals surface area (Å²) in [5.41, 5.74) is -0.918. The van der Waals surface area contributed by atoms with Crippen LogP contribution in [-0.2, 0) is 0 Å². The van der Waals surface area contributed by atoms with E-state index in [9.17, 15) is 4.39 Å². The van der Waals surface area contributed by atoms with E-state index in [1.165, 1.54) is 12.8 Å². The zero-order chi connectivity index (χ0) is 11.6. The van der Waals surface area contributed by atoms with Crippen molar-refractivity contribution in [3.63, 3.8) is 0 Å². The average Bonchev–Trinajstić information content (AvgIpc) is 2.29. The van der Waals surface area contributed by atoms with Crippen molar-refractivity contribution in [2.24, 2.45) is 0 Å². The Balaban J connectivity index is 1.80. The summed E-state index contributed by atoms with van der Waals surface area (Å²) in [5, 5.41) is 0. The monoisotopic (exact) mass is 226 g/mol. The fourth-order valence-corrected chi connectivity index (χ4v) is 2.79. The third-order valence-electron chi connectivity index (χ3n) is 4.11. The number of piperidine rings is 2. The van der Waals surface area contributed by atoms with Crippen molar-refractivity contribution < 1.29 is 4.39 Å². The van der Waals surface area contributed by atoms with Gasteiger partial charge in [0, 0.05) is 32.2 Å². The highest BCUT2D eigenvalue weighted by Gasteiger charge is 2.33. The van der Waals surface area contributed by atoms with E-state index < -0.39 is 5.67 Å². The first-order chi connectivity index (χ1) is 7.61. The lowest BCUT2D eigenvalue weighted by molar-refractivity contribution is 0.0350. The van der Waals surface area contributed by atoms with Gasteiger partial charge in [-0.15, -0.1) is 0 Å². The van der Waals surface area contributed by atoms with Crippen LogP contribution < -0.4 is 0 Å². The second-order valence-electron chi connectivity index (χ2n) is 5.40. The quantitative estimate of drug-likeness (QED) is 0.713. The van der Waals surface area contributed by atoms with Crippen LogP contribution in [0.5, 0.6) is 0 Å². The highest BCUT2D eigenvalue weighted by atomic mass is 19.1. The minimum absolute atomic E-state index is 0.673. The van der Waals surface area contributed by atoms with Gasteiger partial charge in [0.2, 0.25) is 0 Å². The molecule has 0 atom stereocenters. The Morgan fingerprint density at radius 3 is 2.25 bits per heavy atom. The predicted octanol–water partition coefficient (Wildman–Crippen LogP) is 2.42. The first kappa shape index (κ1) is 11.9. The van der Waals surface area contributed by atoms with Crippen molar-refractivity contribution >= 4 is 0 Å². The van der Waals surface area contributed by atoms with Crippen LogP contribution in [0.1, 0.15) is 32.6 Å². The molecular formula is C13H23FN2. The fourth-order valence-electron chi connectivity index (χ4n) is 2.79. The summed E-state index contributed by atoms with van der Waals surface area (Å²) in [7, 11) is 0. The molecule has 2 aliphatic heterocycles. The standard InChI is InChI=1S/C13H23FN2/c1-3-15-8-4-12(5-9-15)16-10-6-13(2,14)7-11-16/h3,12H,1,4-11H2,2H3. The molecule has 0 radical (unpaired) electrons. The molecule has 0 aromatic carbocycles. The van der Waals surface area contributed by atoms with Crippen LogP contribution in [0.2, 0.25) is 0 Å². The van der Waals surface area contributed by atoms with Gasteiger partial charge in [0.1, 0.15) is 5.67 Å². The van der Waals surface area contributed by atoms with E-state index in [1.807, 2.05) is 6.20 Å². The number of halogens is 1. The summed E-state index contributed by atoms with van der Waals surface area (Å²) in [5.74, 6) is 0. The molecular weight excluding hydrogens is 203 g/mol. The summed E-state index contributed by atoms with van der Waals surface area (Å²) in [4.78, 5) is 4.77. The molecule has 0 bridgehead atoms. The predicted molar refractivity (Wildman–Crippen MR) is 65.1 cm³/mol. The van der Waals surface area contributed by atoms with Crippen LogP contribution in [0, 0.1) is 0 Å². The Labute approximate surface area is 98.1 Å². The number of hydrogen-bond donors (Lipinski definition) is 0. The average molecular weight is 226 g/mol. The zero-order valence-corrected chi connectivity index (χ0v) is 10.3. The van der Waals surface area contributed by atoms with Gasteiger partial charge >= 0.3 is 0 Å². The molecule has 0 spiro atoms. The maximum absolute atomic E-state index is 13.7. The van der Waals surface area contributed by atoms with Crippen molar-refractivity contribution in [3.8, 4) is 0 Å². The summed E-state index contributed by atoms with van der Waals surface area (Å²) in [6.45, 7) is 9.63. The molecule has 2 aliphatic rings. The van der Waals surface area contributed by atoms with Crippen LogP contribution in [0.4, 0.5) is 4.39 Å². The molecule has 16 heavy (non-hydrogen) atoms. The van der Waals surface area contributed by atoms with Gasteiger partial charge in [-0.05, 0) is 38.8 Å². The van der Waals surface area contributed by atoms with Crippen LogP contribution in [0.15, 0.2) is 12.8 Å². The van der Waals surface area contributed by atoms with Crippen LogP contribution in [0.25, 0.3) is 0 Å². The Morgan fingerprint density at radius 1 is 1.19 bits per heavy atom. The summed E-state index contributed by atoms with van der Waals surface area (Å²) >= 11 is 0. The first-order valence-electron chi connectivity index (χ1n) is 6.40. The third-order valence-corrected chi connectivity index (χ3v) is 4.11. The van der Waals surface area contributed by atoms with Gasteiger partial charge in [-0.2, -0.15) is 0 Å². The van der Waals surface area contributed by atoms with Gasteiger partial charge in [-0.25, -0.2) is 4.39 Å². The van der Waals surface area contributed by atoms with Crippen LogP contribution in [0.3, 0.4) is 0 Å². The second-order valence-corrected chi connectivity index (χ2v) is 5.40. The van der Waals surface area contributed by atoms with Crippen molar-refractivity contribution in [2.75, 3.05) is 26.2 Å². The second kappa shape index (κ2) is 4.74. The first-order valence-corrected chi connectivity index (χ1v) is 6.40. The van der Waals surface area contributed by atoms with E-state index in [0.29, 0.717) is 18.9 Å².